The van der Waals surface area contributed by atoms with Crippen LogP contribution in [0.1, 0.15) is 0 Å². The van der Waals surface area contributed by atoms with Gasteiger partial charge in [0.1, 0.15) is 0 Å². The summed E-state index contributed by atoms with van der Waals surface area (Å²) in [6, 6.07) is 63.5. The summed E-state index contributed by atoms with van der Waals surface area (Å²) in [4.78, 5) is 10.4. The second-order valence-corrected chi connectivity index (χ2v) is 15.2. The van der Waals surface area contributed by atoms with Crippen molar-refractivity contribution in [3.63, 3.8) is 0 Å². The van der Waals surface area contributed by atoms with Gasteiger partial charge in [-0.25, -0.2) is 9.97 Å². The number of benzene rings is 9. The Bertz CT molecular complexity index is 3330. The fourth-order valence-electron chi connectivity index (χ4n) is 8.62. The molecule has 0 saturated carbocycles. The van der Waals surface area contributed by atoms with Crippen LogP contribution in [0.4, 0.5) is 0 Å². The maximum Gasteiger partial charge on any atom is 0.0973 e. The van der Waals surface area contributed by atoms with Crippen molar-refractivity contribution in [2.45, 2.75) is 0 Å². The molecule has 0 atom stereocenters. The van der Waals surface area contributed by atoms with Crippen molar-refractivity contribution < 1.29 is 0 Å². The van der Waals surface area contributed by atoms with E-state index in [0.29, 0.717) is 0 Å². The Morgan fingerprint density at radius 1 is 0.352 bits per heavy atom. The molecular weight excluding hydrogens is 675 g/mol. The summed E-state index contributed by atoms with van der Waals surface area (Å²) in [5, 5.41) is 10.3. The summed E-state index contributed by atoms with van der Waals surface area (Å²) in [5.74, 6) is 0. The smallest absolute Gasteiger partial charge is 0.0973 e. The highest BCUT2D eigenvalue weighted by molar-refractivity contribution is 7.24. The largest absolute Gasteiger partial charge is 0.309 e. The zero-order chi connectivity index (χ0) is 35.3. The normalized spacial score (nSPS) is 12.1. The molecule has 0 aliphatic rings. The van der Waals surface area contributed by atoms with Gasteiger partial charge in [-0.05, 0) is 87.3 Å². The molecule has 12 aromatic rings. The monoisotopic (exact) mass is 703 g/mol. The molecule has 4 heteroatoms. The average Bonchev–Trinajstić information content (AvgIpc) is 3.49. The van der Waals surface area contributed by atoms with Gasteiger partial charge in [0, 0.05) is 47.8 Å². The van der Waals surface area contributed by atoms with Gasteiger partial charge in [0.2, 0.25) is 0 Å². The Balaban J connectivity index is 1.03. The molecule has 12 rings (SSSR count). The van der Waals surface area contributed by atoms with Gasteiger partial charge < -0.3 is 4.57 Å². The average molecular weight is 704 g/mol. The number of rotatable bonds is 4. The fourth-order valence-corrected chi connectivity index (χ4v) is 9.79. The van der Waals surface area contributed by atoms with Crippen molar-refractivity contribution >= 4 is 85.9 Å². The Labute approximate surface area is 314 Å². The molecule has 0 aliphatic heterocycles. The molecule has 0 aliphatic carbocycles. The first-order valence-electron chi connectivity index (χ1n) is 18.3. The van der Waals surface area contributed by atoms with E-state index in [4.69, 9.17) is 9.97 Å². The van der Waals surface area contributed by atoms with Gasteiger partial charge in [0.25, 0.3) is 0 Å². The quantitative estimate of drug-likeness (QED) is 0.183. The van der Waals surface area contributed by atoms with Crippen LogP contribution < -0.4 is 0 Å². The van der Waals surface area contributed by atoms with E-state index in [0.717, 1.165) is 44.6 Å². The molecular formula is C50H29N3S. The van der Waals surface area contributed by atoms with Crippen LogP contribution in [0.25, 0.3) is 114 Å². The molecule has 0 saturated heterocycles. The van der Waals surface area contributed by atoms with Crippen LogP contribution >= 0.6 is 11.3 Å². The second kappa shape index (κ2) is 11.3. The molecule has 54 heavy (non-hydrogen) atoms. The number of hydrogen-bond donors (Lipinski definition) is 0. The van der Waals surface area contributed by atoms with E-state index in [9.17, 15) is 0 Å². The molecule has 3 nitrogen and oxygen atoms in total. The number of fused-ring (bicyclic) bond motifs is 2. The van der Waals surface area contributed by atoms with Crippen LogP contribution in [-0.4, -0.2) is 14.5 Å². The van der Waals surface area contributed by atoms with Gasteiger partial charge in [-0.3, -0.25) is 0 Å². The standard InChI is InChI=1S/C50H29N3S/c1-2-8-30(9-3-1)31-16-18-34(19-17-31)49-50(52-40-13-5-4-12-39(40)51-49)37-21-20-36-29-38(25-22-35(36)28-37)53-41-26-23-32-10-6-14-43-45(32)47(41)48-42(53)27-24-33-11-7-15-44(54-43)46(33)48/h1-29H. The lowest BCUT2D eigenvalue weighted by Gasteiger charge is -2.13. The summed E-state index contributed by atoms with van der Waals surface area (Å²) in [5.41, 5.74) is 11.6. The number of nitrogens with zero attached hydrogens (tertiary/aromatic N) is 3. The SMILES string of the molecule is c1ccc(-c2ccc(-c3nc4ccccc4nc3-c3ccc4cc(-n5c6ccc7cccc8sc9cccc%10ccc5c(c%109)c6c78)ccc4c3)cc2)cc1. The van der Waals surface area contributed by atoms with Gasteiger partial charge in [-0.1, -0.05) is 121 Å². The maximum absolute atomic E-state index is 5.23. The van der Waals surface area contributed by atoms with Crippen molar-refractivity contribution in [1.29, 1.82) is 0 Å². The van der Waals surface area contributed by atoms with Gasteiger partial charge in [0.15, 0.2) is 0 Å². The fraction of sp³-hybridized carbons (Fsp3) is 0. The van der Waals surface area contributed by atoms with E-state index in [2.05, 4.69) is 156 Å². The molecule has 0 fully saturated rings. The molecule has 9 aromatic carbocycles. The van der Waals surface area contributed by atoms with Crippen LogP contribution in [0.3, 0.4) is 0 Å². The first-order chi connectivity index (χ1) is 26.7. The predicted octanol–water partition coefficient (Wildman–Crippen LogP) is 13.8. The minimum absolute atomic E-state index is 0.882. The molecule has 3 aromatic heterocycles. The lowest BCUT2D eigenvalue weighted by atomic mass is 9.98. The van der Waals surface area contributed by atoms with Crippen LogP contribution in [0.2, 0.25) is 0 Å². The van der Waals surface area contributed by atoms with E-state index in [-0.39, 0.29) is 0 Å². The predicted molar refractivity (Wildman–Crippen MR) is 229 cm³/mol. The Morgan fingerprint density at radius 3 is 1.54 bits per heavy atom. The van der Waals surface area contributed by atoms with E-state index >= 15 is 0 Å². The molecule has 0 radical (unpaired) electrons. The van der Waals surface area contributed by atoms with Crippen LogP contribution in [-0.2, 0) is 0 Å². The minimum Gasteiger partial charge on any atom is -0.309 e. The maximum atomic E-state index is 5.23. The first-order valence-corrected chi connectivity index (χ1v) is 19.1. The molecule has 250 valence electrons. The summed E-state index contributed by atoms with van der Waals surface area (Å²) in [6.45, 7) is 0. The van der Waals surface area contributed by atoms with Crippen LogP contribution in [0.15, 0.2) is 176 Å². The summed E-state index contributed by atoms with van der Waals surface area (Å²) < 4.78 is 5.09. The Hall–Kier alpha value is -6.88. The van der Waals surface area contributed by atoms with Crippen LogP contribution in [0.5, 0.6) is 0 Å². The van der Waals surface area contributed by atoms with E-state index < -0.39 is 0 Å². The molecule has 0 amide bonds. The summed E-state index contributed by atoms with van der Waals surface area (Å²) in [7, 11) is 0. The number of hydrogen-bond acceptors (Lipinski definition) is 3. The second-order valence-electron chi connectivity index (χ2n) is 14.2. The van der Waals surface area contributed by atoms with Crippen molar-refractivity contribution in [3.05, 3.63) is 176 Å². The molecule has 0 bridgehead atoms. The van der Waals surface area contributed by atoms with Gasteiger partial charge in [0.05, 0.1) is 33.5 Å². The zero-order valence-electron chi connectivity index (χ0n) is 29.0. The van der Waals surface area contributed by atoms with E-state index in [1.54, 1.807) is 0 Å². The highest BCUT2D eigenvalue weighted by Crippen LogP contribution is 2.46. The van der Waals surface area contributed by atoms with Crippen molar-refractivity contribution in [2.75, 3.05) is 0 Å². The highest BCUT2D eigenvalue weighted by Gasteiger charge is 2.21. The van der Waals surface area contributed by atoms with Gasteiger partial charge in [-0.15, -0.1) is 11.3 Å². The van der Waals surface area contributed by atoms with Gasteiger partial charge >= 0.3 is 0 Å². The Kier molecular flexibility index (Phi) is 6.21. The topological polar surface area (TPSA) is 30.7 Å². The van der Waals surface area contributed by atoms with E-state index in [1.807, 2.05) is 35.6 Å². The van der Waals surface area contributed by atoms with Crippen LogP contribution in [0, 0.1) is 0 Å². The molecule has 0 unspecified atom stereocenters. The lowest BCUT2D eigenvalue weighted by Crippen LogP contribution is -1.96. The minimum atomic E-state index is 0.882. The third-order valence-electron chi connectivity index (χ3n) is 11.1. The van der Waals surface area contributed by atoms with Crippen molar-refractivity contribution in [3.8, 4) is 39.3 Å². The molecule has 0 spiro atoms. The molecule has 3 heterocycles. The third kappa shape index (κ3) is 4.35. The lowest BCUT2D eigenvalue weighted by molar-refractivity contribution is 1.19. The first kappa shape index (κ1) is 29.7. The van der Waals surface area contributed by atoms with E-state index in [1.165, 1.54) is 69.3 Å². The molecule has 0 N–H and O–H groups in total. The number of para-hydroxylation sites is 2. The summed E-state index contributed by atoms with van der Waals surface area (Å²) in [6.07, 6.45) is 0. The van der Waals surface area contributed by atoms with Gasteiger partial charge in [-0.2, -0.15) is 0 Å². The zero-order valence-corrected chi connectivity index (χ0v) is 29.8. The Morgan fingerprint density at radius 2 is 0.870 bits per heavy atom. The number of aromatic nitrogens is 3. The highest BCUT2D eigenvalue weighted by atomic mass is 32.1. The van der Waals surface area contributed by atoms with Crippen molar-refractivity contribution in [1.82, 2.24) is 14.5 Å². The third-order valence-corrected chi connectivity index (χ3v) is 12.2. The van der Waals surface area contributed by atoms with Crippen molar-refractivity contribution in [2.24, 2.45) is 0 Å². The summed E-state index contributed by atoms with van der Waals surface area (Å²) >= 11 is 1.89.